The second-order valence-electron chi connectivity index (χ2n) is 6.38. The molecule has 0 atom stereocenters. The van der Waals surface area contributed by atoms with Crippen LogP contribution in [-0.4, -0.2) is 20.5 Å². The van der Waals surface area contributed by atoms with E-state index in [0.29, 0.717) is 21.7 Å². The van der Waals surface area contributed by atoms with Gasteiger partial charge >= 0.3 is 0 Å². The van der Waals surface area contributed by atoms with Crippen LogP contribution in [0.3, 0.4) is 0 Å². The second kappa shape index (κ2) is 6.55. The van der Waals surface area contributed by atoms with E-state index < -0.39 is 10.0 Å². The molecule has 0 fully saturated rings. The Balaban J connectivity index is 2.10. The number of nitrogens with one attached hydrogen (secondary N) is 1. The summed E-state index contributed by atoms with van der Waals surface area (Å²) in [5.74, 6) is 0.735. The Morgan fingerprint density at radius 2 is 1.62 bits per heavy atom. The first kappa shape index (κ1) is 18.7. The number of rotatable bonds is 4. The molecule has 3 aromatic rings. The molecule has 5 nitrogen and oxygen atoms in total. The van der Waals surface area contributed by atoms with Crippen molar-refractivity contribution in [1.82, 2.24) is 4.98 Å². The number of aryl methyl sites for hydroxylation is 1. The lowest BCUT2D eigenvalue weighted by Crippen LogP contribution is -2.17. The van der Waals surface area contributed by atoms with E-state index in [1.54, 1.807) is 30.6 Å². The summed E-state index contributed by atoms with van der Waals surface area (Å²) in [4.78, 5) is 4.74. The van der Waals surface area contributed by atoms with Crippen LogP contribution in [0.15, 0.2) is 23.1 Å². The average Bonchev–Trinajstić information content (AvgIpc) is 2.92. The van der Waals surface area contributed by atoms with E-state index in [9.17, 15) is 8.42 Å². The molecule has 0 radical (unpaired) electrons. The highest BCUT2D eigenvalue weighted by Crippen LogP contribution is 2.36. The summed E-state index contributed by atoms with van der Waals surface area (Å²) in [5, 5.41) is 0.952. The van der Waals surface area contributed by atoms with E-state index in [1.807, 2.05) is 40.7 Å². The molecular formula is C19H22N2O3S2. The van der Waals surface area contributed by atoms with E-state index in [1.165, 1.54) is 0 Å². The number of anilines is 1. The lowest BCUT2D eigenvalue weighted by Gasteiger charge is -2.20. The SMILES string of the molecule is COc1c(C)c(C)c(S(=O)(=O)Nc2ccc3sc(C)nc3c2)c(C)c1C. The largest absolute Gasteiger partial charge is 0.496 e. The monoisotopic (exact) mass is 390 g/mol. The molecule has 0 aliphatic rings. The first-order valence-electron chi connectivity index (χ1n) is 8.20. The molecule has 0 amide bonds. The molecular weight excluding hydrogens is 368 g/mol. The van der Waals surface area contributed by atoms with Gasteiger partial charge in [-0.25, -0.2) is 13.4 Å². The highest BCUT2D eigenvalue weighted by Gasteiger charge is 2.25. The normalized spacial score (nSPS) is 11.8. The van der Waals surface area contributed by atoms with E-state index in [0.717, 1.165) is 32.1 Å². The third-order valence-electron chi connectivity index (χ3n) is 4.71. The van der Waals surface area contributed by atoms with Crippen molar-refractivity contribution in [3.8, 4) is 5.75 Å². The molecule has 0 aliphatic heterocycles. The van der Waals surface area contributed by atoms with Gasteiger partial charge in [-0.2, -0.15) is 0 Å². The number of hydrogen-bond donors (Lipinski definition) is 1. The number of nitrogens with zero attached hydrogens (tertiary/aromatic N) is 1. The Labute approximate surface area is 158 Å². The van der Waals surface area contributed by atoms with Gasteiger partial charge in [-0.3, -0.25) is 4.72 Å². The van der Waals surface area contributed by atoms with Gasteiger partial charge in [0, 0.05) is 0 Å². The van der Waals surface area contributed by atoms with Crippen molar-refractivity contribution in [3.63, 3.8) is 0 Å². The van der Waals surface area contributed by atoms with Crippen LogP contribution in [0.1, 0.15) is 27.3 Å². The first-order chi connectivity index (χ1) is 12.2. The first-order valence-corrected chi connectivity index (χ1v) is 10.5. The Morgan fingerprint density at radius 1 is 1.00 bits per heavy atom. The van der Waals surface area contributed by atoms with Crippen LogP contribution in [0, 0.1) is 34.6 Å². The molecule has 0 saturated heterocycles. The van der Waals surface area contributed by atoms with Gasteiger partial charge in [0.2, 0.25) is 0 Å². The van der Waals surface area contributed by atoms with Crippen molar-refractivity contribution >= 4 is 37.3 Å². The zero-order valence-electron chi connectivity index (χ0n) is 15.7. The molecule has 2 aromatic carbocycles. The van der Waals surface area contributed by atoms with Gasteiger partial charge in [0.05, 0.1) is 32.9 Å². The minimum Gasteiger partial charge on any atom is -0.496 e. The minimum atomic E-state index is -3.74. The Morgan fingerprint density at radius 3 is 2.19 bits per heavy atom. The summed E-state index contributed by atoms with van der Waals surface area (Å²) >= 11 is 1.59. The predicted octanol–water partition coefficient (Wildman–Crippen LogP) is 4.65. The fourth-order valence-electron chi connectivity index (χ4n) is 3.27. The molecule has 1 N–H and O–H groups in total. The molecule has 138 valence electrons. The lowest BCUT2D eigenvalue weighted by atomic mass is 10.00. The molecule has 1 heterocycles. The molecule has 3 rings (SSSR count). The lowest BCUT2D eigenvalue weighted by molar-refractivity contribution is 0.407. The summed E-state index contributed by atoms with van der Waals surface area (Å²) in [6, 6.07) is 5.43. The van der Waals surface area contributed by atoms with Gasteiger partial charge in [0.1, 0.15) is 5.75 Å². The van der Waals surface area contributed by atoms with Crippen LogP contribution in [0.25, 0.3) is 10.2 Å². The van der Waals surface area contributed by atoms with Crippen molar-refractivity contribution in [3.05, 3.63) is 45.5 Å². The predicted molar refractivity (Wildman–Crippen MR) is 107 cm³/mol. The molecule has 1 aromatic heterocycles. The fourth-order valence-corrected chi connectivity index (χ4v) is 5.72. The maximum atomic E-state index is 13.1. The molecule has 7 heteroatoms. The third kappa shape index (κ3) is 3.05. The maximum absolute atomic E-state index is 13.1. The number of methoxy groups -OCH3 is 1. The number of ether oxygens (including phenoxy) is 1. The number of sulfonamides is 1. The molecule has 0 bridgehead atoms. The fraction of sp³-hybridized carbons (Fsp3) is 0.316. The number of benzene rings is 2. The van der Waals surface area contributed by atoms with Crippen LogP contribution in [-0.2, 0) is 10.0 Å². The van der Waals surface area contributed by atoms with Gasteiger partial charge in [0.25, 0.3) is 10.0 Å². The van der Waals surface area contributed by atoms with Crippen molar-refractivity contribution in [1.29, 1.82) is 0 Å². The van der Waals surface area contributed by atoms with E-state index >= 15 is 0 Å². The van der Waals surface area contributed by atoms with Gasteiger partial charge in [-0.15, -0.1) is 11.3 Å². The standard InChI is InChI=1S/C19H22N2O3S2/c1-10-12(3)19(13(4)11(2)18(10)24-6)26(22,23)21-15-7-8-17-16(9-15)20-14(5)25-17/h7-9,21H,1-6H3. The molecule has 26 heavy (non-hydrogen) atoms. The van der Waals surface area contributed by atoms with Crippen LogP contribution in [0.5, 0.6) is 5.75 Å². The van der Waals surface area contributed by atoms with Gasteiger partial charge < -0.3 is 4.74 Å². The summed E-state index contributed by atoms with van der Waals surface area (Å²) < 4.78 is 35.4. The minimum absolute atomic E-state index is 0.308. The molecule has 0 spiro atoms. The molecule has 0 aliphatic carbocycles. The van der Waals surface area contributed by atoms with E-state index in [-0.39, 0.29) is 0 Å². The summed E-state index contributed by atoms with van der Waals surface area (Å²) in [7, 11) is -2.13. The summed E-state index contributed by atoms with van der Waals surface area (Å²) in [5.41, 5.74) is 4.37. The smallest absolute Gasteiger partial charge is 0.262 e. The van der Waals surface area contributed by atoms with Crippen LogP contribution in [0.4, 0.5) is 5.69 Å². The number of thiazole rings is 1. The van der Waals surface area contributed by atoms with E-state index in [4.69, 9.17) is 4.74 Å². The summed E-state index contributed by atoms with van der Waals surface area (Å²) in [6.45, 7) is 9.31. The zero-order valence-corrected chi connectivity index (χ0v) is 17.4. The average molecular weight is 391 g/mol. The van der Waals surface area contributed by atoms with Gasteiger partial charge in [-0.1, -0.05) is 0 Å². The quantitative estimate of drug-likeness (QED) is 0.704. The van der Waals surface area contributed by atoms with Crippen LogP contribution < -0.4 is 9.46 Å². The van der Waals surface area contributed by atoms with Crippen molar-refractivity contribution in [2.24, 2.45) is 0 Å². The van der Waals surface area contributed by atoms with Crippen LogP contribution >= 0.6 is 11.3 Å². The highest BCUT2D eigenvalue weighted by molar-refractivity contribution is 7.92. The number of aromatic nitrogens is 1. The Bertz CT molecular complexity index is 1090. The summed E-state index contributed by atoms with van der Waals surface area (Å²) in [6.07, 6.45) is 0. The Hall–Kier alpha value is -2.12. The van der Waals surface area contributed by atoms with E-state index in [2.05, 4.69) is 9.71 Å². The number of hydrogen-bond acceptors (Lipinski definition) is 5. The topological polar surface area (TPSA) is 68.3 Å². The van der Waals surface area contributed by atoms with Crippen LogP contribution in [0.2, 0.25) is 0 Å². The highest BCUT2D eigenvalue weighted by atomic mass is 32.2. The second-order valence-corrected chi connectivity index (χ2v) is 9.24. The zero-order chi connectivity index (χ0) is 19.2. The van der Waals surface area contributed by atoms with Gasteiger partial charge in [-0.05, 0) is 75.1 Å². The maximum Gasteiger partial charge on any atom is 0.262 e. The Kier molecular flexibility index (Phi) is 4.71. The molecule has 0 saturated carbocycles. The third-order valence-corrected chi connectivity index (χ3v) is 7.31. The van der Waals surface area contributed by atoms with Gasteiger partial charge in [0.15, 0.2) is 0 Å². The molecule has 0 unspecified atom stereocenters. The number of fused-ring (bicyclic) bond motifs is 1. The van der Waals surface area contributed by atoms with Crippen molar-refractivity contribution < 1.29 is 13.2 Å². The van der Waals surface area contributed by atoms with Crippen molar-refractivity contribution in [2.75, 3.05) is 11.8 Å². The van der Waals surface area contributed by atoms with Crippen molar-refractivity contribution in [2.45, 2.75) is 39.5 Å².